The van der Waals surface area contributed by atoms with Crippen molar-refractivity contribution < 1.29 is 14.7 Å². The van der Waals surface area contributed by atoms with Gasteiger partial charge in [-0.3, -0.25) is 9.59 Å². The van der Waals surface area contributed by atoms with Crippen LogP contribution in [0, 0.1) is 0 Å². The first-order valence-corrected chi connectivity index (χ1v) is 5.11. The summed E-state index contributed by atoms with van der Waals surface area (Å²) in [6.07, 6.45) is 1.74. The Morgan fingerprint density at radius 3 is 2.47 bits per heavy atom. The van der Waals surface area contributed by atoms with Gasteiger partial charge in [-0.15, -0.1) is 0 Å². The number of nitrogens with two attached hydrogens (primary N) is 1. The first kappa shape index (κ1) is 13.1. The molecule has 1 atom stereocenters. The van der Waals surface area contributed by atoms with Gasteiger partial charge in [-0.2, -0.15) is 0 Å². The fraction of sp³-hybridized carbons (Fsp3) is 0.250. The maximum absolute atomic E-state index is 10.6. The zero-order valence-electron chi connectivity index (χ0n) is 9.46. The molecule has 0 bridgehead atoms. The number of nitrogens with zero attached hydrogens (tertiary/aromatic N) is 1. The lowest BCUT2D eigenvalue weighted by molar-refractivity contribution is -0.138. The van der Waals surface area contributed by atoms with Crippen molar-refractivity contribution in [1.82, 2.24) is 0 Å². The Morgan fingerprint density at radius 2 is 2.00 bits per heavy atom. The first-order valence-electron chi connectivity index (χ1n) is 5.11. The summed E-state index contributed by atoms with van der Waals surface area (Å²) in [6, 6.07) is 6.16. The molecule has 1 aromatic rings. The second-order valence-corrected chi connectivity index (χ2v) is 3.67. The van der Waals surface area contributed by atoms with Gasteiger partial charge in [-0.1, -0.05) is 24.3 Å². The third-order valence-electron chi connectivity index (χ3n) is 2.15. The summed E-state index contributed by atoms with van der Waals surface area (Å²) in [7, 11) is 0. The Hall–Kier alpha value is -2.01. The standard InChI is InChI=1S/C12H14N2O3/c1-8(15)14-7-10-4-2-9(3-5-10)6-11(13)12(16)17/h2-5,7,11H,6,13H2,1H3,(H,16,17). The Kier molecular flexibility index (Phi) is 4.54. The molecular weight excluding hydrogens is 220 g/mol. The van der Waals surface area contributed by atoms with E-state index >= 15 is 0 Å². The van der Waals surface area contributed by atoms with E-state index in [1.54, 1.807) is 24.3 Å². The molecular formula is C12H14N2O3. The van der Waals surface area contributed by atoms with Gasteiger partial charge in [0.15, 0.2) is 0 Å². The fourth-order valence-corrected chi connectivity index (χ4v) is 1.25. The van der Waals surface area contributed by atoms with Gasteiger partial charge in [-0.25, -0.2) is 4.99 Å². The van der Waals surface area contributed by atoms with E-state index in [0.717, 1.165) is 11.1 Å². The summed E-state index contributed by atoms with van der Waals surface area (Å²) in [5, 5.41) is 8.66. The van der Waals surface area contributed by atoms with E-state index in [2.05, 4.69) is 4.99 Å². The molecule has 90 valence electrons. The second-order valence-electron chi connectivity index (χ2n) is 3.67. The molecule has 0 fully saturated rings. The number of hydrogen-bond acceptors (Lipinski definition) is 3. The molecule has 0 aliphatic carbocycles. The van der Waals surface area contributed by atoms with Crippen LogP contribution in [0.15, 0.2) is 29.3 Å². The number of carboxylic acid groups (broad SMARTS) is 1. The normalized spacial score (nSPS) is 12.6. The number of aliphatic imine (C=N–C) groups is 1. The zero-order valence-corrected chi connectivity index (χ0v) is 9.46. The van der Waals surface area contributed by atoms with E-state index in [9.17, 15) is 9.59 Å². The van der Waals surface area contributed by atoms with Crippen molar-refractivity contribution in [3.63, 3.8) is 0 Å². The lowest BCUT2D eigenvalue weighted by atomic mass is 10.1. The molecule has 1 aromatic carbocycles. The molecule has 1 amide bonds. The highest BCUT2D eigenvalue weighted by atomic mass is 16.4. The van der Waals surface area contributed by atoms with Crippen molar-refractivity contribution >= 4 is 18.1 Å². The molecule has 0 aliphatic heterocycles. The predicted molar refractivity (Wildman–Crippen MR) is 64.0 cm³/mol. The average Bonchev–Trinajstić information content (AvgIpc) is 2.28. The van der Waals surface area contributed by atoms with Crippen LogP contribution in [0.1, 0.15) is 18.1 Å². The Morgan fingerprint density at radius 1 is 1.41 bits per heavy atom. The van der Waals surface area contributed by atoms with E-state index in [1.807, 2.05) is 0 Å². The van der Waals surface area contributed by atoms with Crippen molar-refractivity contribution in [3.8, 4) is 0 Å². The third kappa shape index (κ3) is 4.56. The van der Waals surface area contributed by atoms with Crippen molar-refractivity contribution in [2.75, 3.05) is 0 Å². The van der Waals surface area contributed by atoms with E-state index < -0.39 is 12.0 Å². The maximum Gasteiger partial charge on any atom is 0.320 e. The first-order chi connectivity index (χ1) is 7.99. The molecule has 3 N–H and O–H groups in total. The Labute approximate surface area is 99.0 Å². The molecule has 17 heavy (non-hydrogen) atoms. The molecule has 0 saturated heterocycles. The minimum atomic E-state index is -1.02. The number of rotatable bonds is 4. The largest absolute Gasteiger partial charge is 0.480 e. The number of benzene rings is 1. The maximum atomic E-state index is 10.6. The van der Waals surface area contributed by atoms with Crippen LogP contribution >= 0.6 is 0 Å². The highest BCUT2D eigenvalue weighted by Gasteiger charge is 2.11. The van der Waals surface area contributed by atoms with Gasteiger partial charge in [0.1, 0.15) is 6.04 Å². The summed E-state index contributed by atoms with van der Waals surface area (Å²) in [6.45, 7) is 1.37. The van der Waals surface area contributed by atoms with Gasteiger partial charge in [-0.05, 0) is 17.5 Å². The molecule has 0 radical (unpaired) electrons. The van der Waals surface area contributed by atoms with Crippen molar-refractivity contribution in [3.05, 3.63) is 35.4 Å². The second kappa shape index (κ2) is 5.91. The number of aliphatic carboxylic acids is 1. The molecule has 0 saturated carbocycles. The van der Waals surface area contributed by atoms with Crippen LogP contribution in [-0.2, 0) is 16.0 Å². The van der Waals surface area contributed by atoms with Gasteiger partial charge in [0.2, 0.25) is 5.91 Å². The molecule has 0 aromatic heterocycles. The average molecular weight is 234 g/mol. The van der Waals surface area contributed by atoms with Gasteiger partial charge in [0, 0.05) is 13.1 Å². The summed E-state index contributed by atoms with van der Waals surface area (Å²) >= 11 is 0. The number of hydrogen-bond donors (Lipinski definition) is 2. The fourth-order valence-electron chi connectivity index (χ4n) is 1.25. The SMILES string of the molecule is CC(=O)N=Cc1ccc(CC(N)C(=O)O)cc1. The van der Waals surface area contributed by atoms with Crippen molar-refractivity contribution in [1.29, 1.82) is 0 Å². The third-order valence-corrected chi connectivity index (χ3v) is 2.15. The van der Waals surface area contributed by atoms with Crippen LogP contribution in [0.2, 0.25) is 0 Å². The number of carbonyl (C=O) groups excluding carboxylic acids is 1. The van der Waals surface area contributed by atoms with E-state index in [-0.39, 0.29) is 12.3 Å². The van der Waals surface area contributed by atoms with E-state index in [0.29, 0.717) is 0 Å². The van der Waals surface area contributed by atoms with E-state index in [4.69, 9.17) is 10.8 Å². The Balaban J connectivity index is 2.68. The highest BCUT2D eigenvalue weighted by Crippen LogP contribution is 2.05. The summed E-state index contributed by atoms with van der Waals surface area (Å²) in [5.41, 5.74) is 7.03. The summed E-state index contributed by atoms with van der Waals surface area (Å²) in [4.78, 5) is 24.8. The van der Waals surface area contributed by atoms with Gasteiger partial charge in [0.25, 0.3) is 0 Å². The molecule has 0 spiro atoms. The van der Waals surface area contributed by atoms with Crippen LogP contribution in [0.25, 0.3) is 0 Å². The molecule has 0 aliphatic rings. The number of amides is 1. The lowest BCUT2D eigenvalue weighted by Gasteiger charge is -2.06. The van der Waals surface area contributed by atoms with Gasteiger partial charge in [0.05, 0.1) is 0 Å². The summed E-state index contributed by atoms with van der Waals surface area (Å²) < 4.78 is 0. The van der Waals surface area contributed by atoms with Crippen LogP contribution in [0.4, 0.5) is 0 Å². The van der Waals surface area contributed by atoms with Crippen LogP contribution in [0.3, 0.4) is 0 Å². The number of carbonyl (C=O) groups is 2. The smallest absolute Gasteiger partial charge is 0.320 e. The quantitative estimate of drug-likeness (QED) is 0.746. The molecule has 1 rings (SSSR count). The molecule has 5 nitrogen and oxygen atoms in total. The van der Waals surface area contributed by atoms with Gasteiger partial charge >= 0.3 is 5.97 Å². The predicted octanol–water partition coefficient (Wildman–Crippen LogP) is 0.606. The molecule has 1 unspecified atom stereocenters. The molecule has 5 heteroatoms. The topological polar surface area (TPSA) is 92.8 Å². The minimum Gasteiger partial charge on any atom is -0.480 e. The van der Waals surface area contributed by atoms with Crippen LogP contribution in [0.5, 0.6) is 0 Å². The number of carboxylic acids is 1. The highest BCUT2D eigenvalue weighted by molar-refractivity contribution is 5.90. The van der Waals surface area contributed by atoms with Crippen molar-refractivity contribution in [2.45, 2.75) is 19.4 Å². The molecule has 0 heterocycles. The van der Waals surface area contributed by atoms with Crippen LogP contribution < -0.4 is 5.73 Å². The zero-order chi connectivity index (χ0) is 12.8. The monoisotopic (exact) mass is 234 g/mol. The lowest BCUT2D eigenvalue weighted by Crippen LogP contribution is -2.32. The van der Waals surface area contributed by atoms with Crippen molar-refractivity contribution in [2.24, 2.45) is 10.7 Å². The Bertz CT molecular complexity index is 438. The minimum absolute atomic E-state index is 0.262. The van der Waals surface area contributed by atoms with Crippen LogP contribution in [-0.4, -0.2) is 29.2 Å². The van der Waals surface area contributed by atoms with E-state index in [1.165, 1.54) is 13.1 Å². The summed E-state index contributed by atoms with van der Waals surface area (Å²) in [5.74, 6) is -1.28. The van der Waals surface area contributed by atoms with Gasteiger partial charge < -0.3 is 10.8 Å².